The van der Waals surface area contributed by atoms with Crippen LogP contribution in [-0.2, 0) is 28.6 Å². The van der Waals surface area contributed by atoms with Crippen molar-refractivity contribution in [2.24, 2.45) is 0 Å². The number of allylic oxidation sites excluding steroid dienone is 26. The Morgan fingerprint density at radius 2 is 0.575 bits per heavy atom. The molecule has 0 N–H and O–H groups in total. The van der Waals surface area contributed by atoms with E-state index < -0.39 is 6.10 Å². The highest BCUT2D eigenvalue weighted by Crippen LogP contribution is 2.11. The monoisotopic (exact) mass is 1000 g/mol. The first-order valence-electron chi connectivity index (χ1n) is 29.0. The number of carbonyl (C=O) groups excluding carboxylic acids is 3. The lowest BCUT2D eigenvalue weighted by Gasteiger charge is -2.18. The molecule has 0 saturated carbocycles. The van der Waals surface area contributed by atoms with Gasteiger partial charge in [-0.3, -0.25) is 14.4 Å². The second-order valence-electron chi connectivity index (χ2n) is 18.5. The molecule has 6 nitrogen and oxygen atoms in total. The van der Waals surface area contributed by atoms with E-state index in [9.17, 15) is 14.4 Å². The van der Waals surface area contributed by atoms with Crippen LogP contribution in [0, 0.1) is 0 Å². The Morgan fingerprint density at radius 3 is 0.986 bits per heavy atom. The number of unbranched alkanes of at least 4 members (excludes halogenated alkanes) is 13. The predicted octanol–water partition coefficient (Wildman–Crippen LogP) is 19.8. The molecule has 0 heterocycles. The summed E-state index contributed by atoms with van der Waals surface area (Å²) in [6, 6.07) is 0. The van der Waals surface area contributed by atoms with Crippen molar-refractivity contribution >= 4 is 17.9 Å². The Balaban J connectivity index is 4.67. The normalized spacial score (nSPS) is 13.3. The highest BCUT2D eigenvalue weighted by atomic mass is 16.6. The van der Waals surface area contributed by atoms with Crippen LogP contribution >= 0.6 is 0 Å². The van der Waals surface area contributed by atoms with Gasteiger partial charge in [0.15, 0.2) is 6.10 Å². The minimum atomic E-state index is -0.855. The molecule has 6 heteroatoms. The van der Waals surface area contributed by atoms with Gasteiger partial charge in [0, 0.05) is 19.3 Å². The zero-order valence-corrected chi connectivity index (χ0v) is 46.6. The summed E-state index contributed by atoms with van der Waals surface area (Å²) in [5.74, 6) is -1.12. The van der Waals surface area contributed by atoms with Crippen LogP contribution in [0.5, 0.6) is 0 Å². The van der Waals surface area contributed by atoms with Gasteiger partial charge in [0.05, 0.1) is 0 Å². The van der Waals surface area contributed by atoms with Gasteiger partial charge in [0.2, 0.25) is 0 Å². The Hall–Kier alpha value is -4.97. The molecule has 0 fully saturated rings. The number of ether oxygens (including phenoxy) is 3. The lowest BCUT2D eigenvalue weighted by Crippen LogP contribution is -2.30. The van der Waals surface area contributed by atoms with E-state index in [0.717, 1.165) is 96.3 Å². The van der Waals surface area contributed by atoms with Crippen LogP contribution in [0.2, 0.25) is 0 Å². The Bertz CT molecular complexity index is 1670. The van der Waals surface area contributed by atoms with Crippen LogP contribution in [0.3, 0.4) is 0 Å². The third-order valence-corrected chi connectivity index (χ3v) is 11.5. The molecule has 0 radical (unpaired) electrons. The van der Waals surface area contributed by atoms with E-state index in [1.54, 1.807) is 0 Å². The minimum absolute atomic E-state index is 0.148. The van der Waals surface area contributed by atoms with Crippen LogP contribution in [0.4, 0.5) is 0 Å². The quantitative estimate of drug-likeness (QED) is 0.0261. The number of hydrogen-bond donors (Lipinski definition) is 0. The van der Waals surface area contributed by atoms with E-state index >= 15 is 0 Å². The predicted molar refractivity (Wildman–Crippen MR) is 315 cm³/mol. The Morgan fingerprint density at radius 1 is 0.288 bits per heavy atom. The van der Waals surface area contributed by atoms with Gasteiger partial charge < -0.3 is 14.2 Å². The second kappa shape index (κ2) is 59.6. The fourth-order valence-electron chi connectivity index (χ4n) is 7.17. The number of carbonyl (C=O) groups is 3. The molecule has 0 rings (SSSR count). The summed E-state index contributed by atoms with van der Waals surface area (Å²) in [6.07, 6.45) is 86.8. The van der Waals surface area contributed by atoms with Crippen molar-refractivity contribution in [2.75, 3.05) is 13.2 Å². The number of rotatable bonds is 50. The second-order valence-corrected chi connectivity index (χ2v) is 18.5. The van der Waals surface area contributed by atoms with Gasteiger partial charge in [-0.05, 0) is 135 Å². The van der Waals surface area contributed by atoms with Crippen molar-refractivity contribution in [2.45, 2.75) is 232 Å². The van der Waals surface area contributed by atoms with Crippen molar-refractivity contribution in [3.05, 3.63) is 158 Å². The standard InChI is InChI=1S/C67H104O6/c1-4-7-10-13-16-19-22-25-28-31-33-36-39-42-45-48-51-54-57-60-66(69)72-63-64(62-71-65(68)59-56-53-50-47-44-41-38-35-30-27-24-21-18-15-12-9-6-3)73-67(70)61-58-55-52-49-46-43-40-37-34-32-29-26-23-20-17-14-11-8-5-2/h8,11,16-17,19-20,25-30,33-34,36-38,41-43,45-47,50-51,54,64H,4-7,9-10,12-15,18,21-24,31-32,35,39-40,44,48-49,52-53,55-63H2,1-3H3/b11-8-,19-16-,20-17-,28-25-,29-26-,30-27-,36-33-,37-34-,41-38-,45-42-,46-43-,50-47-,54-51-/t64-/m0/s1. The third kappa shape index (κ3) is 57.8. The van der Waals surface area contributed by atoms with E-state index in [-0.39, 0.29) is 50.4 Å². The summed E-state index contributed by atoms with van der Waals surface area (Å²) in [5.41, 5.74) is 0. The lowest BCUT2D eigenvalue weighted by molar-refractivity contribution is -0.166. The highest BCUT2D eigenvalue weighted by Gasteiger charge is 2.19. The van der Waals surface area contributed by atoms with Gasteiger partial charge in [-0.15, -0.1) is 0 Å². The van der Waals surface area contributed by atoms with Gasteiger partial charge >= 0.3 is 17.9 Å². The molecular formula is C67H104O6. The molecule has 0 unspecified atom stereocenters. The summed E-state index contributed by atoms with van der Waals surface area (Å²) < 4.78 is 16.7. The first-order valence-corrected chi connectivity index (χ1v) is 29.0. The van der Waals surface area contributed by atoms with Gasteiger partial charge in [0.25, 0.3) is 0 Å². The molecule has 0 aromatic carbocycles. The van der Waals surface area contributed by atoms with E-state index in [2.05, 4.69) is 167 Å². The first-order chi connectivity index (χ1) is 36.0. The summed E-state index contributed by atoms with van der Waals surface area (Å²) in [7, 11) is 0. The molecule has 73 heavy (non-hydrogen) atoms. The van der Waals surface area contributed by atoms with Crippen LogP contribution in [0.1, 0.15) is 226 Å². The zero-order valence-electron chi connectivity index (χ0n) is 46.6. The molecule has 1 atom stereocenters. The van der Waals surface area contributed by atoms with Crippen molar-refractivity contribution in [1.82, 2.24) is 0 Å². The molecule has 408 valence electrons. The zero-order chi connectivity index (χ0) is 52.9. The van der Waals surface area contributed by atoms with Crippen molar-refractivity contribution in [3.63, 3.8) is 0 Å². The fraction of sp³-hybridized carbons (Fsp3) is 0.567. The van der Waals surface area contributed by atoms with Crippen LogP contribution in [0.25, 0.3) is 0 Å². The van der Waals surface area contributed by atoms with Crippen molar-refractivity contribution in [1.29, 1.82) is 0 Å². The summed E-state index contributed by atoms with van der Waals surface area (Å²) >= 11 is 0. The molecule has 0 aromatic rings. The maximum absolute atomic E-state index is 12.9. The minimum Gasteiger partial charge on any atom is -0.462 e. The number of esters is 3. The topological polar surface area (TPSA) is 78.9 Å². The summed E-state index contributed by atoms with van der Waals surface area (Å²) in [4.78, 5) is 38.1. The SMILES string of the molecule is CC/C=C\C/C=C\C/C=C\C/C=C\C/C=C\CCCCCC(=O)O[C@H](COC(=O)CC/C=C\C/C=C\C/C=C\C/C=C\C/C=C\CCCCC)COC(=O)CCC/C=C\C/C=C\C/C=C\CCCCCCCC. The van der Waals surface area contributed by atoms with E-state index in [1.807, 2.05) is 12.2 Å². The molecule has 0 saturated heterocycles. The average molecular weight is 1010 g/mol. The van der Waals surface area contributed by atoms with Crippen LogP contribution in [0.15, 0.2) is 158 Å². The molecule has 0 spiro atoms. The summed E-state index contributed by atoms with van der Waals surface area (Å²) in [5, 5.41) is 0. The molecule has 0 amide bonds. The molecule has 0 aliphatic heterocycles. The third-order valence-electron chi connectivity index (χ3n) is 11.5. The van der Waals surface area contributed by atoms with E-state index in [0.29, 0.717) is 19.3 Å². The maximum Gasteiger partial charge on any atom is 0.306 e. The maximum atomic E-state index is 12.9. The highest BCUT2D eigenvalue weighted by molar-refractivity contribution is 5.71. The molecule has 0 aliphatic carbocycles. The van der Waals surface area contributed by atoms with Gasteiger partial charge in [0.1, 0.15) is 13.2 Å². The summed E-state index contributed by atoms with van der Waals surface area (Å²) in [6.45, 7) is 6.34. The number of hydrogen-bond acceptors (Lipinski definition) is 6. The van der Waals surface area contributed by atoms with Crippen molar-refractivity contribution in [3.8, 4) is 0 Å². The fourth-order valence-corrected chi connectivity index (χ4v) is 7.17. The van der Waals surface area contributed by atoms with Crippen molar-refractivity contribution < 1.29 is 28.6 Å². The molecule has 0 bridgehead atoms. The molecule has 0 aliphatic rings. The molecule has 0 aromatic heterocycles. The largest absolute Gasteiger partial charge is 0.462 e. The average Bonchev–Trinajstić information content (AvgIpc) is 3.39. The first kappa shape index (κ1) is 68.0. The van der Waals surface area contributed by atoms with Gasteiger partial charge in [-0.1, -0.05) is 230 Å². The Kier molecular flexibility index (Phi) is 55.5. The van der Waals surface area contributed by atoms with Crippen LogP contribution < -0.4 is 0 Å². The smallest absolute Gasteiger partial charge is 0.306 e. The molecular weight excluding hydrogens is 901 g/mol. The van der Waals surface area contributed by atoms with Gasteiger partial charge in [-0.2, -0.15) is 0 Å². The van der Waals surface area contributed by atoms with Crippen LogP contribution in [-0.4, -0.2) is 37.2 Å². The Labute approximate surface area is 448 Å². The van der Waals surface area contributed by atoms with E-state index in [1.165, 1.54) is 70.6 Å². The van der Waals surface area contributed by atoms with Gasteiger partial charge in [-0.25, -0.2) is 0 Å². The lowest BCUT2D eigenvalue weighted by atomic mass is 10.1. The van der Waals surface area contributed by atoms with E-state index in [4.69, 9.17) is 14.2 Å².